The van der Waals surface area contributed by atoms with Crippen LogP contribution in [0, 0.1) is 11.8 Å². The molecule has 1 saturated heterocycles. The van der Waals surface area contributed by atoms with Gasteiger partial charge in [-0.3, -0.25) is 0 Å². The van der Waals surface area contributed by atoms with E-state index in [2.05, 4.69) is 26.1 Å². The van der Waals surface area contributed by atoms with Gasteiger partial charge in [0.2, 0.25) is 0 Å². The van der Waals surface area contributed by atoms with Gasteiger partial charge in [-0.15, -0.1) is 0 Å². The van der Waals surface area contributed by atoms with E-state index in [-0.39, 0.29) is 0 Å². The van der Waals surface area contributed by atoms with E-state index in [0.29, 0.717) is 29.4 Å². The first-order chi connectivity index (χ1) is 6.91. The van der Waals surface area contributed by atoms with Gasteiger partial charge in [0.1, 0.15) is 9.84 Å². The smallest absolute Gasteiger partial charge is 0.150 e. The van der Waals surface area contributed by atoms with Crippen LogP contribution in [0.2, 0.25) is 0 Å². The molecule has 90 valence electrons. The van der Waals surface area contributed by atoms with Crippen molar-refractivity contribution in [3.05, 3.63) is 0 Å². The van der Waals surface area contributed by atoms with Crippen LogP contribution in [0.25, 0.3) is 0 Å². The van der Waals surface area contributed by atoms with Gasteiger partial charge in [0.05, 0.1) is 11.5 Å². The van der Waals surface area contributed by atoms with Crippen molar-refractivity contribution in [1.29, 1.82) is 0 Å². The Kier molecular flexibility index (Phi) is 4.59. The summed E-state index contributed by atoms with van der Waals surface area (Å²) in [4.78, 5) is 0. The summed E-state index contributed by atoms with van der Waals surface area (Å²) >= 11 is 0. The first-order valence-electron chi connectivity index (χ1n) is 5.84. The highest BCUT2D eigenvalue weighted by Crippen LogP contribution is 2.14. The molecule has 1 heterocycles. The Morgan fingerprint density at radius 1 is 1.20 bits per heavy atom. The predicted molar refractivity (Wildman–Crippen MR) is 63.7 cm³/mol. The normalized spacial score (nSPS) is 24.3. The van der Waals surface area contributed by atoms with E-state index >= 15 is 0 Å². The van der Waals surface area contributed by atoms with E-state index in [1.165, 1.54) is 0 Å². The molecule has 0 aromatic rings. The number of sulfone groups is 1. The highest BCUT2D eigenvalue weighted by molar-refractivity contribution is 7.91. The molecule has 0 aliphatic carbocycles. The van der Waals surface area contributed by atoms with Crippen LogP contribution in [-0.4, -0.2) is 32.5 Å². The van der Waals surface area contributed by atoms with Crippen molar-refractivity contribution in [2.24, 2.45) is 11.8 Å². The molecule has 0 amide bonds. The van der Waals surface area contributed by atoms with Crippen LogP contribution in [-0.2, 0) is 9.84 Å². The summed E-state index contributed by atoms with van der Waals surface area (Å²) in [7, 11) is -2.71. The zero-order valence-corrected chi connectivity index (χ0v) is 10.8. The minimum Gasteiger partial charge on any atom is -0.314 e. The molecule has 1 atom stereocenters. The Balaban J connectivity index is 2.25. The minimum absolute atomic E-state index is 0.362. The molecular weight excluding hydrogens is 210 g/mol. The zero-order chi connectivity index (χ0) is 11.5. The van der Waals surface area contributed by atoms with E-state index in [9.17, 15) is 8.42 Å². The van der Waals surface area contributed by atoms with E-state index in [1.54, 1.807) is 0 Å². The summed E-state index contributed by atoms with van der Waals surface area (Å²) in [5, 5.41) is 3.48. The number of hydrogen-bond acceptors (Lipinski definition) is 3. The van der Waals surface area contributed by atoms with Gasteiger partial charge < -0.3 is 5.32 Å². The fourth-order valence-electron chi connectivity index (χ4n) is 1.68. The first kappa shape index (κ1) is 13.0. The molecule has 0 radical (unpaired) electrons. The summed E-state index contributed by atoms with van der Waals surface area (Å²) in [5.74, 6) is 2.06. The molecule has 1 rings (SSSR count). The Morgan fingerprint density at radius 3 is 2.20 bits per heavy atom. The van der Waals surface area contributed by atoms with Crippen LogP contribution < -0.4 is 5.32 Å². The molecule has 1 fully saturated rings. The molecule has 1 N–H and O–H groups in total. The van der Waals surface area contributed by atoms with Gasteiger partial charge in [0, 0.05) is 6.04 Å². The van der Waals surface area contributed by atoms with Crippen LogP contribution in [0.5, 0.6) is 0 Å². The molecule has 0 saturated carbocycles. The van der Waals surface area contributed by atoms with Crippen molar-refractivity contribution in [3.8, 4) is 0 Å². The number of nitrogens with one attached hydrogen (secondary N) is 1. The molecule has 15 heavy (non-hydrogen) atoms. The molecular formula is C11H23NO2S. The summed E-state index contributed by atoms with van der Waals surface area (Å²) in [5.41, 5.74) is 0. The van der Waals surface area contributed by atoms with Gasteiger partial charge in [-0.25, -0.2) is 8.42 Å². The fourth-order valence-corrected chi connectivity index (χ4v) is 3.17. The summed E-state index contributed by atoms with van der Waals surface area (Å²) in [6.07, 6.45) is 1.57. The standard InChI is InChI=1S/C11H23NO2S/c1-9(2)10(3)8-12-11-4-6-15(13,14)7-5-11/h9-12H,4-8H2,1-3H3. The lowest BCUT2D eigenvalue weighted by Crippen LogP contribution is -2.40. The summed E-state index contributed by atoms with van der Waals surface area (Å²) in [6.45, 7) is 7.68. The lowest BCUT2D eigenvalue weighted by molar-refractivity contribution is 0.356. The zero-order valence-electron chi connectivity index (χ0n) is 9.99. The molecule has 1 unspecified atom stereocenters. The van der Waals surface area contributed by atoms with Crippen LogP contribution in [0.1, 0.15) is 33.6 Å². The van der Waals surface area contributed by atoms with Crippen LogP contribution in [0.3, 0.4) is 0 Å². The van der Waals surface area contributed by atoms with Gasteiger partial charge in [-0.2, -0.15) is 0 Å². The summed E-state index contributed by atoms with van der Waals surface area (Å²) in [6, 6.07) is 0.412. The fraction of sp³-hybridized carbons (Fsp3) is 1.00. The second kappa shape index (κ2) is 5.30. The maximum Gasteiger partial charge on any atom is 0.150 e. The third-order valence-electron chi connectivity index (χ3n) is 3.42. The largest absolute Gasteiger partial charge is 0.314 e. The quantitative estimate of drug-likeness (QED) is 0.799. The second-order valence-electron chi connectivity index (χ2n) is 5.06. The Hall–Kier alpha value is -0.0900. The molecule has 0 bridgehead atoms. The molecule has 0 aromatic carbocycles. The van der Waals surface area contributed by atoms with Gasteiger partial charge >= 0.3 is 0 Å². The van der Waals surface area contributed by atoms with Crippen molar-refractivity contribution < 1.29 is 8.42 Å². The van der Waals surface area contributed by atoms with Gasteiger partial charge in [0.25, 0.3) is 0 Å². The Morgan fingerprint density at radius 2 is 1.73 bits per heavy atom. The number of hydrogen-bond donors (Lipinski definition) is 1. The van der Waals surface area contributed by atoms with E-state index in [4.69, 9.17) is 0 Å². The Labute approximate surface area is 93.6 Å². The molecule has 3 nitrogen and oxygen atoms in total. The molecule has 1 aliphatic heterocycles. The third-order valence-corrected chi connectivity index (χ3v) is 5.14. The maximum absolute atomic E-state index is 11.2. The predicted octanol–water partition coefficient (Wildman–Crippen LogP) is 1.45. The van der Waals surface area contributed by atoms with Crippen molar-refractivity contribution in [2.45, 2.75) is 39.7 Å². The van der Waals surface area contributed by atoms with Gasteiger partial charge in [0.15, 0.2) is 0 Å². The monoisotopic (exact) mass is 233 g/mol. The van der Waals surface area contributed by atoms with Crippen molar-refractivity contribution in [1.82, 2.24) is 5.32 Å². The second-order valence-corrected chi connectivity index (χ2v) is 7.36. The maximum atomic E-state index is 11.2. The van der Waals surface area contributed by atoms with Crippen LogP contribution >= 0.6 is 0 Å². The molecule has 0 spiro atoms. The van der Waals surface area contributed by atoms with Crippen molar-refractivity contribution >= 4 is 9.84 Å². The highest BCUT2D eigenvalue weighted by atomic mass is 32.2. The summed E-state index contributed by atoms with van der Waals surface area (Å²) < 4.78 is 22.4. The molecule has 1 aliphatic rings. The van der Waals surface area contributed by atoms with Crippen LogP contribution in [0.4, 0.5) is 0 Å². The Bertz CT molecular complexity index is 271. The van der Waals surface area contributed by atoms with Crippen molar-refractivity contribution in [2.75, 3.05) is 18.1 Å². The topological polar surface area (TPSA) is 46.2 Å². The lowest BCUT2D eigenvalue weighted by Gasteiger charge is -2.25. The SMILES string of the molecule is CC(C)C(C)CNC1CCS(=O)(=O)CC1. The molecule has 4 heteroatoms. The molecule has 0 aromatic heterocycles. The van der Waals surface area contributed by atoms with E-state index in [1.807, 2.05) is 0 Å². The number of rotatable bonds is 4. The lowest BCUT2D eigenvalue weighted by atomic mass is 9.97. The first-order valence-corrected chi connectivity index (χ1v) is 7.66. The van der Waals surface area contributed by atoms with Crippen molar-refractivity contribution in [3.63, 3.8) is 0 Å². The van der Waals surface area contributed by atoms with Gasteiger partial charge in [-0.1, -0.05) is 20.8 Å². The average Bonchev–Trinajstić information content (AvgIpc) is 2.15. The van der Waals surface area contributed by atoms with E-state index in [0.717, 1.165) is 19.4 Å². The van der Waals surface area contributed by atoms with Crippen LogP contribution in [0.15, 0.2) is 0 Å². The minimum atomic E-state index is -2.71. The third kappa shape index (κ3) is 4.51. The van der Waals surface area contributed by atoms with E-state index < -0.39 is 9.84 Å². The van der Waals surface area contributed by atoms with Gasteiger partial charge in [-0.05, 0) is 31.2 Å². The average molecular weight is 233 g/mol. The highest BCUT2D eigenvalue weighted by Gasteiger charge is 2.23.